The summed E-state index contributed by atoms with van der Waals surface area (Å²) in [5.41, 5.74) is 0.706. The first-order valence-electron chi connectivity index (χ1n) is 7.59. The van der Waals surface area contributed by atoms with Gasteiger partial charge in [-0.3, -0.25) is 9.59 Å². The summed E-state index contributed by atoms with van der Waals surface area (Å²) in [4.78, 5) is 37.4. The van der Waals surface area contributed by atoms with E-state index in [0.717, 1.165) is 0 Å². The first kappa shape index (κ1) is 15.8. The maximum Gasteiger partial charge on any atom is 0.375 e. The van der Waals surface area contributed by atoms with Gasteiger partial charge in [0.15, 0.2) is 17.7 Å². The average molecular weight is 399 g/mol. The third-order valence-corrected chi connectivity index (χ3v) is 4.99. The summed E-state index contributed by atoms with van der Waals surface area (Å²) >= 11 is 3.28. The van der Waals surface area contributed by atoms with E-state index in [1.807, 2.05) is 6.07 Å². The lowest BCUT2D eigenvalue weighted by atomic mass is 9.97. The highest BCUT2D eigenvalue weighted by molar-refractivity contribution is 9.11. The summed E-state index contributed by atoms with van der Waals surface area (Å²) < 4.78 is 11.1. The molecular weight excluding hydrogens is 388 g/mol. The molecule has 2 aromatic rings. The Kier molecular flexibility index (Phi) is 3.77. The number of para-hydroxylation sites is 1. The zero-order chi connectivity index (χ0) is 17.6. The van der Waals surface area contributed by atoms with Crippen LogP contribution in [0.15, 0.2) is 64.8 Å². The standard InChI is InChI=1S/C19H11BrO5/c20-14-17(13-15(21)11-8-4-5-9-12(11)16(13)22)25-19(23)18(14)24-10-6-2-1-3-7-10/h1-9,13,17H/t17-/m1/s1. The van der Waals surface area contributed by atoms with Crippen LogP contribution in [0, 0.1) is 5.92 Å². The van der Waals surface area contributed by atoms with Crippen LogP contribution in [0.4, 0.5) is 0 Å². The molecule has 6 heteroatoms. The molecule has 2 aliphatic rings. The largest absolute Gasteiger partial charge is 0.450 e. The van der Waals surface area contributed by atoms with E-state index < -0.39 is 18.0 Å². The molecule has 0 radical (unpaired) electrons. The van der Waals surface area contributed by atoms with E-state index in [1.165, 1.54) is 0 Å². The topological polar surface area (TPSA) is 69.7 Å². The smallest absolute Gasteiger partial charge is 0.375 e. The van der Waals surface area contributed by atoms with Gasteiger partial charge in [0.25, 0.3) is 0 Å². The monoisotopic (exact) mass is 398 g/mol. The van der Waals surface area contributed by atoms with Gasteiger partial charge in [-0.05, 0) is 28.1 Å². The van der Waals surface area contributed by atoms with E-state index in [1.54, 1.807) is 48.5 Å². The fourth-order valence-electron chi connectivity index (χ4n) is 3.00. The van der Waals surface area contributed by atoms with Crippen LogP contribution in [0.5, 0.6) is 5.75 Å². The number of cyclic esters (lactones) is 1. The van der Waals surface area contributed by atoms with E-state index in [4.69, 9.17) is 9.47 Å². The minimum atomic E-state index is -1.09. The van der Waals surface area contributed by atoms with Crippen molar-refractivity contribution in [3.05, 3.63) is 76.0 Å². The number of hydrogen-bond acceptors (Lipinski definition) is 5. The van der Waals surface area contributed by atoms with Gasteiger partial charge >= 0.3 is 5.97 Å². The van der Waals surface area contributed by atoms with Crippen molar-refractivity contribution in [3.8, 4) is 5.75 Å². The first-order chi connectivity index (χ1) is 12.1. The van der Waals surface area contributed by atoms with Gasteiger partial charge in [0.2, 0.25) is 5.76 Å². The number of esters is 1. The highest BCUT2D eigenvalue weighted by Crippen LogP contribution is 2.39. The molecule has 1 atom stereocenters. The van der Waals surface area contributed by atoms with Gasteiger partial charge in [-0.1, -0.05) is 42.5 Å². The Morgan fingerprint density at radius 3 is 2.00 bits per heavy atom. The SMILES string of the molecule is O=C1O[C@H](C2C(=O)c3ccccc3C2=O)C(Br)=C1Oc1ccccc1. The maximum absolute atomic E-state index is 12.6. The van der Waals surface area contributed by atoms with Crippen LogP contribution in [-0.4, -0.2) is 23.6 Å². The van der Waals surface area contributed by atoms with Crippen LogP contribution in [0.2, 0.25) is 0 Å². The molecule has 4 rings (SSSR count). The fraction of sp³-hybridized carbons (Fsp3) is 0.105. The highest BCUT2D eigenvalue weighted by atomic mass is 79.9. The van der Waals surface area contributed by atoms with E-state index >= 15 is 0 Å². The number of halogens is 1. The summed E-state index contributed by atoms with van der Waals surface area (Å²) in [5, 5.41) is 0. The number of carbonyl (C=O) groups is 3. The fourth-order valence-corrected chi connectivity index (χ4v) is 3.60. The van der Waals surface area contributed by atoms with Crippen molar-refractivity contribution < 1.29 is 23.9 Å². The Labute approximate surface area is 151 Å². The van der Waals surface area contributed by atoms with Gasteiger partial charge in [-0.2, -0.15) is 0 Å². The van der Waals surface area contributed by atoms with E-state index in [0.29, 0.717) is 16.9 Å². The normalized spacial score (nSPS) is 20.0. The minimum Gasteiger partial charge on any atom is -0.450 e. The second-order valence-corrected chi connectivity index (χ2v) is 6.52. The van der Waals surface area contributed by atoms with Crippen molar-refractivity contribution in [2.45, 2.75) is 6.10 Å². The number of rotatable bonds is 3. The second-order valence-electron chi connectivity index (χ2n) is 5.67. The van der Waals surface area contributed by atoms with Crippen molar-refractivity contribution in [1.29, 1.82) is 0 Å². The molecule has 0 fully saturated rings. The Morgan fingerprint density at radius 1 is 0.840 bits per heavy atom. The Bertz CT molecular complexity index is 897. The molecule has 0 N–H and O–H groups in total. The highest BCUT2D eigenvalue weighted by Gasteiger charge is 2.50. The molecule has 0 saturated carbocycles. The van der Waals surface area contributed by atoms with Crippen LogP contribution in [0.1, 0.15) is 20.7 Å². The number of fused-ring (bicyclic) bond motifs is 1. The molecule has 5 nitrogen and oxygen atoms in total. The lowest BCUT2D eigenvalue weighted by Gasteiger charge is -2.14. The van der Waals surface area contributed by atoms with Gasteiger partial charge in [-0.25, -0.2) is 4.79 Å². The number of carbonyl (C=O) groups excluding carboxylic acids is 3. The van der Waals surface area contributed by atoms with E-state index in [-0.39, 0.29) is 21.8 Å². The predicted molar refractivity (Wildman–Crippen MR) is 91.5 cm³/mol. The third-order valence-electron chi connectivity index (χ3n) is 4.17. The van der Waals surface area contributed by atoms with Gasteiger partial charge in [0, 0.05) is 11.1 Å². The average Bonchev–Trinajstić information content (AvgIpc) is 3.04. The molecule has 0 bridgehead atoms. The molecule has 2 aromatic carbocycles. The van der Waals surface area contributed by atoms with Crippen molar-refractivity contribution in [2.24, 2.45) is 5.92 Å². The van der Waals surface area contributed by atoms with Gasteiger partial charge in [-0.15, -0.1) is 0 Å². The molecule has 124 valence electrons. The number of ketones is 2. The molecule has 0 unspecified atom stereocenters. The summed E-state index contributed by atoms with van der Waals surface area (Å²) in [5.74, 6) is -2.09. The predicted octanol–water partition coefficient (Wildman–Crippen LogP) is 3.29. The van der Waals surface area contributed by atoms with Crippen LogP contribution in [0.3, 0.4) is 0 Å². The zero-order valence-corrected chi connectivity index (χ0v) is 14.4. The minimum absolute atomic E-state index is 0.0484. The van der Waals surface area contributed by atoms with Crippen molar-refractivity contribution in [2.75, 3.05) is 0 Å². The second kappa shape index (κ2) is 5.97. The van der Waals surface area contributed by atoms with Gasteiger partial charge in [0.05, 0.1) is 4.48 Å². The Balaban J connectivity index is 1.67. The molecule has 1 aliphatic heterocycles. The third kappa shape index (κ3) is 2.49. The van der Waals surface area contributed by atoms with E-state index in [2.05, 4.69) is 15.9 Å². The molecule has 0 spiro atoms. The first-order valence-corrected chi connectivity index (χ1v) is 8.38. The summed E-state index contributed by atoms with van der Waals surface area (Å²) in [6.07, 6.45) is -1.02. The Morgan fingerprint density at radius 2 is 1.40 bits per heavy atom. The molecule has 0 saturated heterocycles. The van der Waals surface area contributed by atoms with Gasteiger partial charge < -0.3 is 9.47 Å². The van der Waals surface area contributed by atoms with E-state index in [9.17, 15) is 14.4 Å². The lowest BCUT2D eigenvalue weighted by Crippen LogP contribution is -2.31. The molecule has 1 heterocycles. The van der Waals surface area contributed by atoms with Crippen LogP contribution < -0.4 is 4.74 Å². The maximum atomic E-state index is 12.6. The summed E-state index contributed by atoms with van der Waals surface area (Å²) in [6, 6.07) is 15.3. The lowest BCUT2D eigenvalue weighted by molar-refractivity contribution is -0.142. The summed E-state index contributed by atoms with van der Waals surface area (Å²) in [6.45, 7) is 0. The number of benzene rings is 2. The molecular formula is C19H11BrO5. The van der Waals surface area contributed by atoms with Crippen molar-refractivity contribution >= 4 is 33.5 Å². The van der Waals surface area contributed by atoms with Crippen molar-refractivity contribution in [3.63, 3.8) is 0 Å². The molecule has 0 amide bonds. The number of ether oxygens (including phenoxy) is 2. The number of Topliss-reactive ketones (excluding diaryl/α,β-unsaturated/α-hetero) is 2. The van der Waals surface area contributed by atoms with Crippen LogP contribution in [-0.2, 0) is 9.53 Å². The Hall–Kier alpha value is -2.73. The van der Waals surface area contributed by atoms with Crippen molar-refractivity contribution in [1.82, 2.24) is 0 Å². The van der Waals surface area contributed by atoms with Crippen LogP contribution in [0.25, 0.3) is 0 Å². The quantitative estimate of drug-likeness (QED) is 0.585. The molecule has 1 aliphatic carbocycles. The van der Waals surface area contributed by atoms with Crippen LogP contribution >= 0.6 is 15.9 Å². The zero-order valence-electron chi connectivity index (χ0n) is 12.8. The molecule has 0 aromatic heterocycles. The number of hydrogen-bond donors (Lipinski definition) is 0. The van der Waals surface area contributed by atoms with Gasteiger partial charge in [0.1, 0.15) is 11.7 Å². The molecule has 25 heavy (non-hydrogen) atoms. The summed E-state index contributed by atoms with van der Waals surface area (Å²) in [7, 11) is 0.